The summed E-state index contributed by atoms with van der Waals surface area (Å²) in [7, 11) is 0. The van der Waals surface area contributed by atoms with Gasteiger partial charge in [0.25, 0.3) is 5.91 Å². The van der Waals surface area contributed by atoms with Crippen LogP contribution in [0, 0.1) is 0 Å². The first kappa shape index (κ1) is 20.8. The zero-order valence-corrected chi connectivity index (χ0v) is 17.8. The van der Waals surface area contributed by atoms with E-state index in [9.17, 15) is 14.7 Å². The first-order chi connectivity index (χ1) is 14.9. The van der Waals surface area contributed by atoms with Crippen LogP contribution >= 0.6 is 22.9 Å². The van der Waals surface area contributed by atoms with Crippen LogP contribution in [0.15, 0.2) is 60.8 Å². The van der Waals surface area contributed by atoms with Gasteiger partial charge in [-0.15, -0.1) is 11.3 Å². The molecule has 0 aliphatic heterocycles. The summed E-state index contributed by atoms with van der Waals surface area (Å²) in [6.45, 7) is 0.741. The number of fused-ring (bicyclic) bond motifs is 1. The lowest BCUT2D eigenvalue weighted by Crippen LogP contribution is -2.28. The zero-order chi connectivity index (χ0) is 22.0. The molecule has 0 atom stereocenters. The molecule has 5 N–H and O–H groups in total. The topological polar surface area (TPSA) is 109 Å². The second-order valence-electron chi connectivity index (χ2n) is 6.94. The first-order valence-corrected chi connectivity index (χ1v) is 10.6. The molecule has 31 heavy (non-hydrogen) atoms. The molecule has 0 fully saturated rings. The number of urea groups is 1. The van der Waals surface area contributed by atoms with E-state index in [1.54, 1.807) is 41.1 Å². The quantitative estimate of drug-likeness (QED) is 0.343. The summed E-state index contributed by atoms with van der Waals surface area (Å²) in [5, 5.41) is 17.5. The summed E-state index contributed by atoms with van der Waals surface area (Å²) in [6.07, 6.45) is 1.80. The Morgan fingerprint density at radius 2 is 1.84 bits per heavy atom. The lowest BCUT2D eigenvalue weighted by atomic mass is 10.1. The maximum Gasteiger partial charge on any atom is 0.312 e. The van der Waals surface area contributed by atoms with Gasteiger partial charge in [-0.1, -0.05) is 41.9 Å². The van der Waals surface area contributed by atoms with Crippen molar-refractivity contribution in [3.8, 4) is 5.88 Å². The molecular formula is C22H19ClN4O3S. The summed E-state index contributed by atoms with van der Waals surface area (Å²) in [5.41, 5.74) is 7.57. The second-order valence-corrected chi connectivity index (χ2v) is 8.66. The van der Waals surface area contributed by atoms with Gasteiger partial charge in [0.1, 0.15) is 0 Å². The Kier molecular flexibility index (Phi) is 5.83. The van der Waals surface area contributed by atoms with Crippen LogP contribution in [0.25, 0.3) is 10.8 Å². The number of aromatic nitrogens is 1. The van der Waals surface area contributed by atoms with Crippen LogP contribution in [0.5, 0.6) is 5.88 Å². The predicted molar refractivity (Wildman–Crippen MR) is 123 cm³/mol. The third kappa shape index (κ3) is 4.65. The SMILES string of the molecule is NC(=O)NCc1cccc(Cn2cc3c(NC(=O)c4ccc(Cl)s4)cccc3c2O)c1. The van der Waals surface area contributed by atoms with E-state index >= 15 is 0 Å². The van der Waals surface area contributed by atoms with E-state index in [0.717, 1.165) is 16.5 Å². The summed E-state index contributed by atoms with van der Waals surface area (Å²) in [4.78, 5) is 24.0. The molecule has 0 aliphatic carbocycles. The molecule has 2 aromatic carbocycles. The highest BCUT2D eigenvalue weighted by Crippen LogP contribution is 2.33. The van der Waals surface area contributed by atoms with Gasteiger partial charge in [-0.05, 0) is 35.4 Å². The third-order valence-corrected chi connectivity index (χ3v) is 5.99. The van der Waals surface area contributed by atoms with Crippen molar-refractivity contribution in [2.45, 2.75) is 13.1 Å². The molecule has 0 bridgehead atoms. The zero-order valence-electron chi connectivity index (χ0n) is 16.3. The number of thiophene rings is 1. The number of amides is 3. The van der Waals surface area contributed by atoms with Gasteiger partial charge in [-0.3, -0.25) is 4.79 Å². The molecule has 0 unspecified atom stereocenters. The number of anilines is 1. The average Bonchev–Trinajstić information content (AvgIpc) is 3.31. The lowest BCUT2D eigenvalue weighted by Gasteiger charge is -2.08. The molecule has 2 aromatic heterocycles. The van der Waals surface area contributed by atoms with E-state index in [-0.39, 0.29) is 11.8 Å². The van der Waals surface area contributed by atoms with Gasteiger partial charge in [0.2, 0.25) is 0 Å². The van der Waals surface area contributed by atoms with E-state index in [1.165, 1.54) is 11.3 Å². The van der Waals surface area contributed by atoms with E-state index in [0.29, 0.717) is 33.4 Å². The number of nitrogens with two attached hydrogens (primary N) is 1. The van der Waals surface area contributed by atoms with E-state index in [1.807, 2.05) is 24.3 Å². The molecule has 9 heteroatoms. The Morgan fingerprint density at radius 3 is 2.58 bits per heavy atom. The second kappa shape index (κ2) is 8.71. The monoisotopic (exact) mass is 454 g/mol. The third-order valence-electron chi connectivity index (χ3n) is 4.76. The van der Waals surface area contributed by atoms with Crippen LogP contribution < -0.4 is 16.4 Å². The summed E-state index contributed by atoms with van der Waals surface area (Å²) in [6, 6.07) is 15.8. The Labute approximate surface area is 187 Å². The van der Waals surface area contributed by atoms with Crippen molar-refractivity contribution < 1.29 is 14.7 Å². The number of halogens is 1. The molecule has 0 saturated carbocycles. The highest BCUT2D eigenvalue weighted by atomic mass is 35.5. The molecule has 4 aromatic rings. The number of aromatic hydroxyl groups is 1. The summed E-state index contributed by atoms with van der Waals surface area (Å²) < 4.78 is 2.25. The molecule has 0 spiro atoms. The Balaban J connectivity index is 1.59. The molecule has 3 amide bonds. The fraction of sp³-hybridized carbons (Fsp3) is 0.0909. The van der Waals surface area contributed by atoms with E-state index < -0.39 is 6.03 Å². The molecule has 4 rings (SSSR count). The van der Waals surface area contributed by atoms with E-state index in [4.69, 9.17) is 17.3 Å². The van der Waals surface area contributed by atoms with Crippen LogP contribution in [0.1, 0.15) is 20.8 Å². The number of hydrogen-bond donors (Lipinski definition) is 4. The van der Waals surface area contributed by atoms with Gasteiger partial charge in [-0.25, -0.2) is 4.79 Å². The number of hydrogen-bond acceptors (Lipinski definition) is 4. The number of nitrogens with one attached hydrogen (secondary N) is 2. The van der Waals surface area contributed by atoms with Gasteiger partial charge >= 0.3 is 6.03 Å². The van der Waals surface area contributed by atoms with Gasteiger partial charge in [0.15, 0.2) is 5.88 Å². The minimum atomic E-state index is -0.584. The van der Waals surface area contributed by atoms with Crippen molar-refractivity contribution >= 4 is 51.3 Å². The normalized spacial score (nSPS) is 10.9. The van der Waals surface area contributed by atoms with Gasteiger partial charge in [0.05, 0.1) is 21.4 Å². The van der Waals surface area contributed by atoms with E-state index in [2.05, 4.69) is 10.6 Å². The maximum atomic E-state index is 12.5. The number of carbonyl (C=O) groups is 2. The van der Waals surface area contributed by atoms with Crippen molar-refractivity contribution in [2.75, 3.05) is 5.32 Å². The molecular weight excluding hydrogens is 436 g/mol. The smallest absolute Gasteiger partial charge is 0.312 e. The number of carbonyl (C=O) groups excluding carboxylic acids is 2. The van der Waals surface area contributed by atoms with Crippen molar-refractivity contribution in [3.05, 3.63) is 81.1 Å². The predicted octanol–water partition coefficient (Wildman–Crippen LogP) is 4.53. The number of benzene rings is 2. The highest BCUT2D eigenvalue weighted by molar-refractivity contribution is 7.18. The minimum absolute atomic E-state index is 0.103. The van der Waals surface area contributed by atoms with Crippen LogP contribution in [0.4, 0.5) is 10.5 Å². The largest absolute Gasteiger partial charge is 0.494 e. The molecule has 2 heterocycles. The molecule has 7 nitrogen and oxygen atoms in total. The van der Waals surface area contributed by atoms with Crippen molar-refractivity contribution in [2.24, 2.45) is 5.73 Å². The Bertz CT molecular complexity index is 1280. The van der Waals surface area contributed by atoms with Crippen LogP contribution in [0.3, 0.4) is 0 Å². The van der Waals surface area contributed by atoms with Gasteiger partial charge < -0.3 is 26.0 Å². The average molecular weight is 455 g/mol. The number of nitrogens with zero attached hydrogens (tertiary/aromatic N) is 1. The number of primary amides is 1. The fourth-order valence-corrected chi connectivity index (χ4v) is 4.28. The maximum absolute atomic E-state index is 12.5. The fourth-order valence-electron chi connectivity index (χ4n) is 3.34. The summed E-state index contributed by atoms with van der Waals surface area (Å²) >= 11 is 7.13. The van der Waals surface area contributed by atoms with Crippen molar-refractivity contribution in [1.82, 2.24) is 9.88 Å². The molecule has 0 radical (unpaired) electrons. The van der Waals surface area contributed by atoms with Crippen LogP contribution in [-0.2, 0) is 13.1 Å². The lowest BCUT2D eigenvalue weighted by molar-refractivity contribution is 0.103. The van der Waals surface area contributed by atoms with Crippen LogP contribution in [0.2, 0.25) is 4.34 Å². The standard InChI is InChI=1S/C22H19ClN4O3S/c23-19-8-7-18(31-19)20(28)26-17-6-2-5-15-16(17)12-27(21(15)29)11-14-4-1-3-13(9-14)10-25-22(24)30/h1-9,12,29H,10-11H2,(H,26,28)(H3,24,25,30). The summed E-state index contributed by atoms with van der Waals surface area (Å²) in [5.74, 6) is -0.155. The van der Waals surface area contributed by atoms with Gasteiger partial charge in [-0.2, -0.15) is 0 Å². The molecule has 0 saturated heterocycles. The van der Waals surface area contributed by atoms with Crippen LogP contribution in [-0.4, -0.2) is 21.6 Å². The van der Waals surface area contributed by atoms with Crippen molar-refractivity contribution in [1.29, 1.82) is 0 Å². The molecule has 0 aliphatic rings. The Hall–Kier alpha value is -3.49. The highest BCUT2D eigenvalue weighted by Gasteiger charge is 2.15. The van der Waals surface area contributed by atoms with Crippen molar-refractivity contribution in [3.63, 3.8) is 0 Å². The molecule has 158 valence electrons. The first-order valence-electron chi connectivity index (χ1n) is 9.39. The Morgan fingerprint density at radius 1 is 1.06 bits per heavy atom. The number of rotatable bonds is 6. The van der Waals surface area contributed by atoms with Gasteiger partial charge in [0, 0.05) is 23.5 Å². The minimum Gasteiger partial charge on any atom is -0.494 e.